The molecule has 0 aliphatic carbocycles. The third-order valence-corrected chi connectivity index (χ3v) is 8.36. The molecule has 184 valence electrons. The van der Waals surface area contributed by atoms with Crippen molar-refractivity contribution in [1.29, 1.82) is 0 Å². The molecule has 2 saturated heterocycles. The van der Waals surface area contributed by atoms with Crippen molar-refractivity contribution in [3.8, 4) is 11.4 Å². The van der Waals surface area contributed by atoms with Gasteiger partial charge >= 0.3 is 11.8 Å². The van der Waals surface area contributed by atoms with Gasteiger partial charge in [0.15, 0.2) is 5.76 Å². The zero-order valence-corrected chi connectivity index (χ0v) is 20.0. The molecule has 5 rings (SSSR count). The molecule has 2 aliphatic rings. The van der Waals surface area contributed by atoms with Gasteiger partial charge in [-0.1, -0.05) is 17.3 Å². The lowest BCUT2D eigenvalue weighted by atomic mass is 10.1. The fourth-order valence-corrected chi connectivity index (χ4v) is 6.00. The average molecular weight is 500 g/mol. The number of furan rings is 1. The smallest absolute Gasteiger partial charge is 0.316 e. The van der Waals surface area contributed by atoms with Crippen molar-refractivity contribution in [2.45, 2.75) is 24.7 Å². The topological polar surface area (TPSA) is 130 Å². The molecule has 2 aromatic heterocycles. The number of nitrogens with zero attached hydrogens (tertiary/aromatic N) is 5. The quantitative estimate of drug-likeness (QED) is 0.521. The average Bonchev–Trinajstić information content (AvgIpc) is 3.66. The first-order chi connectivity index (χ1) is 16.8. The number of aromatic nitrogens is 2. The normalized spacial score (nSPS) is 17.2. The van der Waals surface area contributed by atoms with Crippen molar-refractivity contribution < 1.29 is 26.9 Å². The second-order valence-corrected chi connectivity index (χ2v) is 10.5. The number of carbonyl (C=O) groups excluding carboxylic acids is 2. The number of carbonyl (C=O) groups is 2. The standard InChI is InChI=1S/C23H25N5O6S/c1-16-6-7-17(20-24-21(34-25-20)23(30)26-8-2-3-9-26)15-19(16)35(31,32)28-12-10-27(11-13-28)22(29)18-5-4-14-33-18/h4-7,14-15H,2-3,8-13H2,1H3. The Morgan fingerprint density at radius 3 is 2.34 bits per heavy atom. The SMILES string of the molecule is Cc1ccc(-c2noc(C(=O)N3CCCC3)n2)cc1S(=O)(=O)N1CCN(C(=O)c2ccco2)CC1. The summed E-state index contributed by atoms with van der Waals surface area (Å²) in [5, 5.41) is 3.90. The summed E-state index contributed by atoms with van der Waals surface area (Å²) in [6.45, 7) is 3.86. The van der Waals surface area contributed by atoms with E-state index >= 15 is 0 Å². The van der Waals surface area contributed by atoms with E-state index in [2.05, 4.69) is 10.1 Å². The number of hydrogen-bond donors (Lipinski definition) is 0. The molecule has 35 heavy (non-hydrogen) atoms. The van der Waals surface area contributed by atoms with Gasteiger partial charge in [-0.15, -0.1) is 0 Å². The maximum atomic E-state index is 13.5. The minimum atomic E-state index is -3.84. The van der Waals surface area contributed by atoms with Crippen LogP contribution in [0.2, 0.25) is 0 Å². The molecular weight excluding hydrogens is 474 g/mol. The summed E-state index contributed by atoms with van der Waals surface area (Å²) in [6, 6.07) is 8.10. The van der Waals surface area contributed by atoms with E-state index in [1.807, 2.05) is 0 Å². The number of likely N-dealkylation sites (tertiary alicyclic amines) is 1. The molecule has 12 heteroatoms. The minimum absolute atomic E-state index is 0.107. The Hall–Kier alpha value is -3.51. The van der Waals surface area contributed by atoms with E-state index in [9.17, 15) is 18.0 Å². The van der Waals surface area contributed by atoms with E-state index in [0.717, 1.165) is 12.8 Å². The number of piperazine rings is 1. The maximum absolute atomic E-state index is 13.5. The fraction of sp³-hybridized carbons (Fsp3) is 0.391. The molecule has 0 spiro atoms. The molecule has 3 aromatic rings. The number of amides is 2. The van der Waals surface area contributed by atoms with Crippen LogP contribution in [-0.4, -0.2) is 83.7 Å². The van der Waals surface area contributed by atoms with E-state index in [1.165, 1.54) is 16.6 Å². The molecule has 0 unspecified atom stereocenters. The van der Waals surface area contributed by atoms with Crippen LogP contribution < -0.4 is 0 Å². The Morgan fingerprint density at radius 1 is 0.943 bits per heavy atom. The highest BCUT2D eigenvalue weighted by atomic mass is 32.2. The van der Waals surface area contributed by atoms with Crippen molar-refractivity contribution >= 4 is 21.8 Å². The summed E-state index contributed by atoms with van der Waals surface area (Å²) in [5.41, 5.74) is 1.00. The van der Waals surface area contributed by atoms with Gasteiger partial charge in [0.05, 0.1) is 11.2 Å². The minimum Gasteiger partial charge on any atom is -0.459 e. The highest BCUT2D eigenvalue weighted by Gasteiger charge is 2.32. The Morgan fingerprint density at radius 2 is 1.66 bits per heavy atom. The summed E-state index contributed by atoms with van der Waals surface area (Å²) in [7, 11) is -3.84. The number of aryl methyl sites for hydroxylation is 1. The zero-order chi connectivity index (χ0) is 24.6. The van der Waals surface area contributed by atoms with Gasteiger partial charge in [0.1, 0.15) is 0 Å². The van der Waals surface area contributed by atoms with Crippen LogP contribution in [0.3, 0.4) is 0 Å². The fourth-order valence-electron chi connectivity index (χ4n) is 4.33. The molecule has 2 amide bonds. The molecule has 11 nitrogen and oxygen atoms in total. The Kier molecular flexibility index (Phi) is 6.15. The van der Waals surface area contributed by atoms with Crippen LogP contribution in [0.1, 0.15) is 39.6 Å². The van der Waals surface area contributed by atoms with E-state index in [-0.39, 0.29) is 60.4 Å². The Labute approximate surface area is 202 Å². The van der Waals surface area contributed by atoms with Crippen LogP contribution in [-0.2, 0) is 10.0 Å². The van der Waals surface area contributed by atoms with E-state index in [1.54, 1.807) is 41.0 Å². The largest absolute Gasteiger partial charge is 0.459 e. The van der Waals surface area contributed by atoms with Crippen LogP contribution in [0, 0.1) is 6.92 Å². The first kappa shape index (κ1) is 23.2. The zero-order valence-electron chi connectivity index (χ0n) is 19.2. The van der Waals surface area contributed by atoms with Gasteiger partial charge < -0.3 is 18.7 Å². The van der Waals surface area contributed by atoms with Crippen molar-refractivity contribution in [3.63, 3.8) is 0 Å². The molecule has 0 atom stereocenters. The van der Waals surface area contributed by atoms with Crippen molar-refractivity contribution in [2.24, 2.45) is 0 Å². The molecule has 0 N–H and O–H groups in total. The van der Waals surface area contributed by atoms with Crippen LogP contribution in [0.25, 0.3) is 11.4 Å². The maximum Gasteiger partial charge on any atom is 0.316 e. The van der Waals surface area contributed by atoms with E-state index in [0.29, 0.717) is 24.2 Å². The molecule has 2 fully saturated rings. The number of benzene rings is 1. The molecule has 0 saturated carbocycles. The monoisotopic (exact) mass is 499 g/mol. The lowest BCUT2D eigenvalue weighted by Crippen LogP contribution is -2.50. The number of hydrogen-bond acceptors (Lipinski definition) is 8. The summed E-state index contributed by atoms with van der Waals surface area (Å²) >= 11 is 0. The molecule has 4 heterocycles. The van der Waals surface area contributed by atoms with Gasteiger partial charge in [0.2, 0.25) is 15.8 Å². The van der Waals surface area contributed by atoms with E-state index < -0.39 is 10.0 Å². The third-order valence-electron chi connectivity index (χ3n) is 6.32. The molecule has 1 aromatic carbocycles. The Bertz CT molecular complexity index is 1340. The van der Waals surface area contributed by atoms with Crippen LogP contribution in [0.15, 0.2) is 50.4 Å². The highest BCUT2D eigenvalue weighted by molar-refractivity contribution is 7.89. The van der Waals surface area contributed by atoms with Crippen molar-refractivity contribution in [3.05, 3.63) is 53.8 Å². The van der Waals surface area contributed by atoms with Crippen LogP contribution in [0.4, 0.5) is 0 Å². The molecule has 2 aliphatic heterocycles. The Balaban J connectivity index is 1.33. The second-order valence-electron chi connectivity index (χ2n) is 8.58. The van der Waals surface area contributed by atoms with Crippen molar-refractivity contribution in [1.82, 2.24) is 24.2 Å². The first-order valence-electron chi connectivity index (χ1n) is 11.4. The molecular formula is C23H25N5O6S. The van der Waals surface area contributed by atoms with Gasteiger partial charge in [-0.05, 0) is 43.5 Å². The van der Waals surface area contributed by atoms with Gasteiger partial charge in [-0.3, -0.25) is 9.59 Å². The van der Waals surface area contributed by atoms with Crippen LogP contribution in [0.5, 0.6) is 0 Å². The van der Waals surface area contributed by atoms with Crippen LogP contribution >= 0.6 is 0 Å². The highest BCUT2D eigenvalue weighted by Crippen LogP contribution is 2.27. The lowest BCUT2D eigenvalue weighted by Gasteiger charge is -2.33. The van der Waals surface area contributed by atoms with Gasteiger partial charge in [-0.25, -0.2) is 8.42 Å². The molecule has 0 bridgehead atoms. The third kappa shape index (κ3) is 4.46. The van der Waals surface area contributed by atoms with Gasteiger partial charge in [0.25, 0.3) is 5.91 Å². The number of rotatable bonds is 5. The summed E-state index contributed by atoms with van der Waals surface area (Å²) in [5.74, 6) is -0.306. The van der Waals surface area contributed by atoms with Gasteiger partial charge in [0, 0.05) is 44.8 Å². The summed E-state index contributed by atoms with van der Waals surface area (Å²) in [4.78, 5) is 32.6. The van der Waals surface area contributed by atoms with Crippen molar-refractivity contribution in [2.75, 3.05) is 39.3 Å². The predicted octanol–water partition coefficient (Wildman–Crippen LogP) is 2.02. The summed E-state index contributed by atoms with van der Waals surface area (Å²) < 4.78 is 38.6. The summed E-state index contributed by atoms with van der Waals surface area (Å²) in [6.07, 6.45) is 3.31. The predicted molar refractivity (Wildman–Crippen MR) is 123 cm³/mol. The van der Waals surface area contributed by atoms with Gasteiger partial charge in [-0.2, -0.15) is 9.29 Å². The molecule has 0 radical (unpaired) electrons. The first-order valence-corrected chi connectivity index (χ1v) is 12.9. The number of sulfonamides is 1. The second kappa shape index (κ2) is 9.27. The lowest BCUT2D eigenvalue weighted by molar-refractivity contribution is 0.0665. The van der Waals surface area contributed by atoms with E-state index in [4.69, 9.17) is 8.94 Å².